The van der Waals surface area contributed by atoms with Crippen LogP contribution in [0.4, 0.5) is 15.8 Å². The molecule has 0 aliphatic heterocycles. The lowest BCUT2D eigenvalue weighted by Crippen LogP contribution is -2.14. The summed E-state index contributed by atoms with van der Waals surface area (Å²) in [4.78, 5) is 9.63. The molecule has 0 aromatic heterocycles. The Morgan fingerprint density at radius 1 is 1.50 bits per heavy atom. The molecular weight excluding hydrogens is 263 g/mol. The van der Waals surface area contributed by atoms with Crippen LogP contribution >= 0.6 is 11.6 Å². The van der Waals surface area contributed by atoms with Crippen molar-refractivity contribution >= 4 is 33.0 Å². The Labute approximate surface area is 95.2 Å². The van der Waals surface area contributed by atoms with Gasteiger partial charge in [0.05, 0.1) is 11.0 Å². The first-order chi connectivity index (χ1) is 7.35. The zero-order chi connectivity index (χ0) is 12.3. The molecule has 6 nitrogen and oxygen atoms in total. The highest BCUT2D eigenvalue weighted by Gasteiger charge is 2.19. The number of nitrogens with zero attached hydrogens (tertiary/aromatic N) is 1. The zero-order valence-corrected chi connectivity index (χ0v) is 9.26. The lowest BCUT2D eigenvalue weighted by atomic mass is 10.3. The van der Waals surface area contributed by atoms with Gasteiger partial charge in [-0.15, -0.1) is 11.6 Å². The van der Waals surface area contributed by atoms with Gasteiger partial charge in [-0.05, 0) is 12.1 Å². The number of alkyl halides is 1. The number of anilines is 1. The van der Waals surface area contributed by atoms with Gasteiger partial charge in [-0.25, -0.2) is 12.8 Å². The van der Waals surface area contributed by atoms with Crippen LogP contribution in [0.5, 0.6) is 0 Å². The number of nitro groups is 1. The summed E-state index contributed by atoms with van der Waals surface area (Å²) < 4.78 is 36.7. The Morgan fingerprint density at radius 2 is 2.12 bits per heavy atom. The fraction of sp³-hybridized carbons (Fsp3) is 0.143. The molecular formula is C7H6ClFN2O4S. The minimum Gasteiger partial charge on any atom is -0.276 e. The van der Waals surface area contributed by atoms with E-state index >= 15 is 0 Å². The van der Waals surface area contributed by atoms with Gasteiger partial charge < -0.3 is 0 Å². The molecule has 0 saturated carbocycles. The SMILES string of the molecule is O=[N+]([O-])c1cc(F)ccc1NS(=O)(=O)CCl. The van der Waals surface area contributed by atoms with Crippen LogP contribution in [0.1, 0.15) is 0 Å². The van der Waals surface area contributed by atoms with Crippen molar-refractivity contribution < 1.29 is 17.7 Å². The molecule has 1 rings (SSSR count). The molecule has 0 heterocycles. The molecule has 0 bridgehead atoms. The number of benzene rings is 1. The van der Waals surface area contributed by atoms with E-state index in [1.54, 1.807) is 0 Å². The van der Waals surface area contributed by atoms with Crippen molar-refractivity contribution in [2.45, 2.75) is 0 Å². The molecule has 0 fully saturated rings. The molecule has 9 heteroatoms. The monoisotopic (exact) mass is 268 g/mol. The Balaban J connectivity index is 3.19. The van der Waals surface area contributed by atoms with Crippen molar-refractivity contribution in [3.63, 3.8) is 0 Å². The van der Waals surface area contributed by atoms with Crippen molar-refractivity contribution in [3.05, 3.63) is 34.1 Å². The number of hydrogen-bond acceptors (Lipinski definition) is 4. The molecule has 88 valence electrons. The Hall–Kier alpha value is -1.41. The molecule has 0 radical (unpaired) electrons. The maximum atomic E-state index is 12.7. The smallest absolute Gasteiger partial charge is 0.276 e. The number of rotatable bonds is 4. The van der Waals surface area contributed by atoms with E-state index in [9.17, 15) is 22.9 Å². The normalized spacial score (nSPS) is 11.1. The quantitative estimate of drug-likeness (QED) is 0.511. The summed E-state index contributed by atoms with van der Waals surface area (Å²) in [6, 6.07) is 2.47. The second-order valence-corrected chi connectivity index (χ2v) is 5.05. The average molecular weight is 269 g/mol. The molecule has 0 unspecified atom stereocenters. The van der Waals surface area contributed by atoms with E-state index in [1.165, 1.54) is 0 Å². The Kier molecular flexibility index (Phi) is 3.66. The Bertz CT molecular complexity index is 519. The van der Waals surface area contributed by atoms with E-state index in [1.807, 2.05) is 4.72 Å². The number of hydrogen-bond donors (Lipinski definition) is 1. The van der Waals surface area contributed by atoms with Crippen LogP contribution in [0.2, 0.25) is 0 Å². The third kappa shape index (κ3) is 3.04. The second kappa shape index (κ2) is 4.62. The van der Waals surface area contributed by atoms with Crippen molar-refractivity contribution in [2.75, 3.05) is 9.93 Å². The summed E-state index contributed by atoms with van der Waals surface area (Å²) in [5.74, 6) is -0.833. The van der Waals surface area contributed by atoms with Crippen molar-refractivity contribution in [2.24, 2.45) is 0 Å². The first kappa shape index (κ1) is 12.7. The van der Waals surface area contributed by atoms with Gasteiger partial charge in [-0.3, -0.25) is 14.8 Å². The minimum absolute atomic E-state index is 0.327. The highest BCUT2D eigenvalue weighted by Crippen LogP contribution is 2.25. The standard InChI is InChI=1S/C7H6ClFN2O4S/c8-4-16(14,15)10-6-2-1-5(9)3-7(6)11(12)13/h1-3,10H,4H2. The summed E-state index contributed by atoms with van der Waals surface area (Å²) in [5.41, 5.74) is -0.999. The summed E-state index contributed by atoms with van der Waals surface area (Å²) >= 11 is 5.11. The predicted octanol–water partition coefficient (Wildman–Crippen LogP) is 1.67. The van der Waals surface area contributed by atoms with Crippen LogP contribution in [0.3, 0.4) is 0 Å². The number of halogens is 2. The van der Waals surface area contributed by atoms with E-state index < -0.39 is 31.7 Å². The first-order valence-corrected chi connectivity index (χ1v) is 6.05. The zero-order valence-electron chi connectivity index (χ0n) is 7.68. The van der Waals surface area contributed by atoms with Gasteiger partial charge in [0.25, 0.3) is 5.69 Å². The van der Waals surface area contributed by atoms with Gasteiger partial charge in [0, 0.05) is 0 Å². The summed E-state index contributed by atoms with van der Waals surface area (Å²) in [5, 5.41) is 9.77. The molecule has 0 amide bonds. The van der Waals surface area contributed by atoms with Crippen molar-refractivity contribution in [1.29, 1.82) is 0 Å². The van der Waals surface area contributed by atoms with Gasteiger partial charge in [0.15, 0.2) is 0 Å². The summed E-state index contributed by atoms with van der Waals surface area (Å²) in [6.45, 7) is 0. The maximum absolute atomic E-state index is 12.7. The van der Waals surface area contributed by atoms with E-state index in [4.69, 9.17) is 11.6 Å². The maximum Gasteiger partial charge on any atom is 0.296 e. The van der Waals surface area contributed by atoms with Crippen LogP contribution in [0.15, 0.2) is 18.2 Å². The molecule has 16 heavy (non-hydrogen) atoms. The molecule has 1 aromatic rings. The molecule has 1 N–H and O–H groups in total. The van der Waals surface area contributed by atoms with E-state index in [2.05, 4.69) is 0 Å². The second-order valence-electron chi connectivity index (χ2n) is 2.74. The lowest BCUT2D eigenvalue weighted by Gasteiger charge is -2.05. The Morgan fingerprint density at radius 3 is 2.62 bits per heavy atom. The largest absolute Gasteiger partial charge is 0.296 e. The van der Waals surface area contributed by atoms with Crippen LogP contribution < -0.4 is 4.72 Å². The van der Waals surface area contributed by atoms with Crippen LogP contribution in [-0.2, 0) is 10.0 Å². The van der Waals surface area contributed by atoms with Crippen LogP contribution in [0, 0.1) is 15.9 Å². The van der Waals surface area contributed by atoms with Gasteiger partial charge in [0.1, 0.15) is 16.7 Å². The van der Waals surface area contributed by atoms with Gasteiger partial charge in [0.2, 0.25) is 10.0 Å². The molecule has 0 aliphatic carbocycles. The summed E-state index contributed by atoms with van der Waals surface area (Å²) in [6.07, 6.45) is 0. The summed E-state index contributed by atoms with van der Waals surface area (Å²) in [7, 11) is -3.85. The van der Waals surface area contributed by atoms with E-state index in [-0.39, 0.29) is 5.69 Å². The molecule has 0 saturated heterocycles. The van der Waals surface area contributed by atoms with Gasteiger partial charge in [-0.1, -0.05) is 0 Å². The number of nitro benzene ring substituents is 1. The first-order valence-electron chi connectivity index (χ1n) is 3.86. The highest BCUT2D eigenvalue weighted by molar-refractivity contribution is 7.93. The average Bonchev–Trinajstić information content (AvgIpc) is 2.20. The third-order valence-corrected chi connectivity index (χ3v) is 3.25. The van der Waals surface area contributed by atoms with Crippen LogP contribution in [0.25, 0.3) is 0 Å². The fourth-order valence-corrected chi connectivity index (χ4v) is 1.66. The van der Waals surface area contributed by atoms with Crippen molar-refractivity contribution in [3.8, 4) is 0 Å². The molecule has 0 spiro atoms. The van der Waals surface area contributed by atoms with E-state index in [0.29, 0.717) is 6.07 Å². The van der Waals surface area contributed by atoms with Gasteiger partial charge in [-0.2, -0.15) is 0 Å². The number of nitrogens with one attached hydrogen (secondary N) is 1. The molecule has 1 aromatic carbocycles. The lowest BCUT2D eigenvalue weighted by molar-refractivity contribution is -0.384. The number of sulfonamides is 1. The molecule has 0 aliphatic rings. The minimum atomic E-state index is -3.85. The highest BCUT2D eigenvalue weighted by atomic mass is 35.5. The van der Waals surface area contributed by atoms with E-state index in [0.717, 1.165) is 12.1 Å². The third-order valence-electron chi connectivity index (χ3n) is 1.57. The van der Waals surface area contributed by atoms with Crippen LogP contribution in [-0.4, -0.2) is 18.6 Å². The fourth-order valence-electron chi connectivity index (χ4n) is 0.937. The topological polar surface area (TPSA) is 89.3 Å². The predicted molar refractivity (Wildman–Crippen MR) is 56.3 cm³/mol. The van der Waals surface area contributed by atoms with Crippen molar-refractivity contribution in [1.82, 2.24) is 0 Å². The molecule has 0 atom stereocenters. The van der Waals surface area contributed by atoms with Gasteiger partial charge >= 0.3 is 0 Å².